The summed E-state index contributed by atoms with van der Waals surface area (Å²) in [6.45, 7) is 3.63. The van der Waals surface area contributed by atoms with Gasteiger partial charge in [0.05, 0.1) is 4.90 Å². The fourth-order valence-corrected chi connectivity index (χ4v) is 4.28. The predicted octanol–water partition coefficient (Wildman–Crippen LogP) is 3.37. The van der Waals surface area contributed by atoms with Crippen LogP contribution in [0.15, 0.2) is 83.8 Å². The Balaban J connectivity index is 1.41. The van der Waals surface area contributed by atoms with Crippen molar-refractivity contribution in [2.45, 2.75) is 31.1 Å². The van der Waals surface area contributed by atoms with Crippen LogP contribution >= 0.6 is 0 Å². The summed E-state index contributed by atoms with van der Waals surface area (Å²) in [6, 6.07) is 23.6. The summed E-state index contributed by atoms with van der Waals surface area (Å²) in [5.41, 5.74) is 7.36. The van der Waals surface area contributed by atoms with Gasteiger partial charge in [0.25, 0.3) is 5.91 Å². The molecular weight excluding hydrogens is 466 g/mol. The van der Waals surface area contributed by atoms with E-state index in [1.54, 1.807) is 24.3 Å². The van der Waals surface area contributed by atoms with Gasteiger partial charge in [0, 0.05) is 18.5 Å². The number of hydrazine groups is 1. The van der Waals surface area contributed by atoms with Gasteiger partial charge >= 0.3 is 0 Å². The van der Waals surface area contributed by atoms with E-state index in [4.69, 9.17) is 4.74 Å². The molecule has 0 fully saturated rings. The normalized spacial score (nSPS) is 11.2. The molecule has 3 N–H and O–H groups in total. The molecule has 35 heavy (non-hydrogen) atoms. The van der Waals surface area contributed by atoms with Crippen molar-refractivity contribution in [2.24, 2.45) is 0 Å². The average molecular weight is 496 g/mol. The first kappa shape index (κ1) is 25.9. The Labute approximate surface area is 205 Å². The molecule has 0 aliphatic rings. The van der Waals surface area contributed by atoms with Crippen molar-refractivity contribution in [2.75, 3.05) is 13.2 Å². The minimum Gasteiger partial charge on any atom is -0.483 e. The maximum Gasteiger partial charge on any atom is 0.276 e. The number of benzene rings is 3. The van der Waals surface area contributed by atoms with Crippen molar-refractivity contribution in [1.82, 2.24) is 15.6 Å². The van der Waals surface area contributed by atoms with Gasteiger partial charge in [0.15, 0.2) is 6.61 Å². The highest BCUT2D eigenvalue weighted by Gasteiger charge is 2.15. The number of ether oxygens (including phenoxy) is 1. The SMILES string of the molecule is CC(C)c1ccc(S(=O)(=O)NCCC(=O)NNC(=O)COc2ccccc2-c2ccccc2)cc1. The zero-order valence-electron chi connectivity index (χ0n) is 19.7. The van der Waals surface area contributed by atoms with E-state index >= 15 is 0 Å². The smallest absolute Gasteiger partial charge is 0.276 e. The van der Waals surface area contributed by atoms with Gasteiger partial charge in [-0.25, -0.2) is 13.1 Å². The van der Waals surface area contributed by atoms with E-state index in [0.717, 1.165) is 16.7 Å². The van der Waals surface area contributed by atoms with Crippen molar-refractivity contribution in [3.8, 4) is 16.9 Å². The molecular formula is C26H29N3O5S. The van der Waals surface area contributed by atoms with E-state index in [1.807, 2.05) is 56.3 Å². The first-order valence-electron chi connectivity index (χ1n) is 11.2. The average Bonchev–Trinajstić information content (AvgIpc) is 2.87. The third-order valence-electron chi connectivity index (χ3n) is 5.17. The first-order chi connectivity index (χ1) is 16.8. The van der Waals surface area contributed by atoms with Crippen molar-refractivity contribution >= 4 is 21.8 Å². The number of para-hydroxylation sites is 1. The second-order valence-electron chi connectivity index (χ2n) is 8.12. The van der Waals surface area contributed by atoms with Crippen LogP contribution in [0.4, 0.5) is 0 Å². The zero-order valence-corrected chi connectivity index (χ0v) is 20.5. The maximum absolute atomic E-state index is 12.4. The number of amides is 2. The highest BCUT2D eigenvalue weighted by molar-refractivity contribution is 7.89. The quantitative estimate of drug-likeness (QED) is 0.373. The van der Waals surface area contributed by atoms with E-state index in [2.05, 4.69) is 15.6 Å². The summed E-state index contributed by atoms with van der Waals surface area (Å²) in [6.07, 6.45) is -0.152. The van der Waals surface area contributed by atoms with Gasteiger partial charge < -0.3 is 4.74 Å². The highest BCUT2D eigenvalue weighted by Crippen LogP contribution is 2.29. The first-order valence-corrected chi connectivity index (χ1v) is 12.7. The van der Waals surface area contributed by atoms with Crippen LogP contribution in [0.3, 0.4) is 0 Å². The van der Waals surface area contributed by atoms with Crippen LogP contribution < -0.4 is 20.3 Å². The Morgan fingerprint density at radius 1 is 0.829 bits per heavy atom. The van der Waals surface area contributed by atoms with E-state index in [0.29, 0.717) is 11.7 Å². The number of sulfonamides is 1. The number of hydrogen-bond acceptors (Lipinski definition) is 5. The van der Waals surface area contributed by atoms with Gasteiger partial charge in [-0.3, -0.25) is 20.4 Å². The third kappa shape index (κ3) is 7.66. The lowest BCUT2D eigenvalue weighted by Gasteiger charge is -2.12. The van der Waals surface area contributed by atoms with E-state index in [9.17, 15) is 18.0 Å². The number of nitrogens with one attached hydrogen (secondary N) is 3. The highest BCUT2D eigenvalue weighted by atomic mass is 32.2. The van der Waals surface area contributed by atoms with Gasteiger partial charge in [-0.1, -0.05) is 74.5 Å². The van der Waals surface area contributed by atoms with Gasteiger partial charge in [-0.2, -0.15) is 0 Å². The predicted molar refractivity (Wildman–Crippen MR) is 134 cm³/mol. The Morgan fingerprint density at radius 3 is 2.14 bits per heavy atom. The standard InChI is InChI=1S/C26H29N3O5S/c1-19(2)20-12-14-22(15-13-20)35(32,33)27-17-16-25(30)28-29-26(31)18-34-24-11-7-6-10-23(24)21-8-4-3-5-9-21/h3-15,19,27H,16-18H2,1-2H3,(H,28,30)(H,29,31). The lowest BCUT2D eigenvalue weighted by molar-refractivity contribution is -0.129. The number of carbonyl (C=O) groups excluding carboxylic acids is 2. The summed E-state index contributed by atoms with van der Waals surface area (Å²) >= 11 is 0. The Hall–Kier alpha value is -3.69. The van der Waals surface area contributed by atoms with Crippen LogP contribution in [0, 0.1) is 0 Å². The second kappa shape index (κ2) is 12.1. The lowest BCUT2D eigenvalue weighted by atomic mass is 10.0. The third-order valence-corrected chi connectivity index (χ3v) is 6.65. The van der Waals surface area contributed by atoms with E-state index in [-0.39, 0.29) is 24.5 Å². The minimum atomic E-state index is -3.73. The molecule has 0 aliphatic heterocycles. The lowest BCUT2D eigenvalue weighted by Crippen LogP contribution is -2.44. The fourth-order valence-electron chi connectivity index (χ4n) is 3.24. The second-order valence-corrected chi connectivity index (χ2v) is 9.89. The molecule has 0 bridgehead atoms. The molecule has 184 valence electrons. The zero-order chi connectivity index (χ0) is 25.3. The molecule has 0 aliphatic carbocycles. The summed E-state index contributed by atoms with van der Waals surface area (Å²) < 4.78 is 32.8. The molecule has 8 nitrogen and oxygen atoms in total. The molecule has 2 amide bonds. The van der Waals surface area contributed by atoms with E-state index in [1.165, 1.54) is 12.1 Å². The molecule has 0 saturated carbocycles. The molecule has 0 heterocycles. The Kier molecular flexibility index (Phi) is 8.99. The molecule has 0 spiro atoms. The van der Waals surface area contributed by atoms with E-state index < -0.39 is 21.8 Å². The van der Waals surface area contributed by atoms with Crippen LogP contribution in [0.2, 0.25) is 0 Å². The maximum atomic E-state index is 12.4. The van der Waals surface area contributed by atoms with Crippen molar-refractivity contribution in [1.29, 1.82) is 0 Å². The summed E-state index contributed by atoms with van der Waals surface area (Å²) in [4.78, 5) is 24.2. The van der Waals surface area contributed by atoms with Gasteiger partial charge in [0.2, 0.25) is 15.9 Å². The van der Waals surface area contributed by atoms with Crippen LogP contribution in [0.1, 0.15) is 31.7 Å². The number of hydrogen-bond donors (Lipinski definition) is 3. The molecule has 0 atom stereocenters. The molecule has 0 radical (unpaired) electrons. The van der Waals surface area contributed by atoms with Crippen LogP contribution in [-0.4, -0.2) is 33.4 Å². The van der Waals surface area contributed by atoms with Gasteiger partial charge in [-0.05, 0) is 35.2 Å². The van der Waals surface area contributed by atoms with Crippen LogP contribution in [0.25, 0.3) is 11.1 Å². The summed E-state index contributed by atoms with van der Waals surface area (Å²) in [7, 11) is -3.73. The molecule has 9 heteroatoms. The molecule has 0 aromatic heterocycles. The Bertz CT molecular complexity index is 1240. The van der Waals surface area contributed by atoms with Crippen molar-refractivity contribution < 1.29 is 22.7 Å². The molecule has 3 aromatic carbocycles. The monoisotopic (exact) mass is 495 g/mol. The molecule has 0 saturated heterocycles. The summed E-state index contributed by atoms with van der Waals surface area (Å²) in [5, 5.41) is 0. The molecule has 0 unspecified atom stereocenters. The van der Waals surface area contributed by atoms with Crippen LogP contribution in [-0.2, 0) is 19.6 Å². The van der Waals surface area contributed by atoms with Crippen molar-refractivity contribution in [3.05, 3.63) is 84.4 Å². The number of rotatable bonds is 10. The molecule has 3 aromatic rings. The van der Waals surface area contributed by atoms with Gasteiger partial charge in [0.1, 0.15) is 5.75 Å². The Morgan fingerprint density at radius 2 is 1.46 bits per heavy atom. The topological polar surface area (TPSA) is 114 Å². The van der Waals surface area contributed by atoms with Crippen molar-refractivity contribution in [3.63, 3.8) is 0 Å². The minimum absolute atomic E-state index is 0.114. The summed E-state index contributed by atoms with van der Waals surface area (Å²) in [5.74, 6) is -0.258. The largest absolute Gasteiger partial charge is 0.483 e. The van der Waals surface area contributed by atoms with Gasteiger partial charge in [-0.15, -0.1) is 0 Å². The molecule has 3 rings (SSSR count). The fraction of sp³-hybridized carbons (Fsp3) is 0.231. The van der Waals surface area contributed by atoms with Crippen LogP contribution in [0.5, 0.6) is 5.75 Å². The number of carbonyl (C=O) groups is 2.